The van der Waals surface area contributed by atoms with Gasteiger partial charge < -0.3 is 20.0 Å². The summed E-state index contributed by atoms with van der Waals surface area (Å²) in [5.41, 5.74) is 4.26. The summed E-state index contributed by atoms with van der Waals surface area (Å²) in [6.45, 7) is 9.07. The number of nitrogens with zero attached hydrogens (tertiary/aromatic N) is 7. The zero-order chi connectivity index (χ0) is 25.4. The van der Waals surface area contributed by atoms with Crippen LogP contribution in [0.2, 0.25) is 0 Å². The zero-order valence-corrected chi connectivity index (χ0v) is 21.2. The molecule has 3 aromatic rings. The van der Waals surface area contributed by atoms with Crippen LogP contribution in [-0.2, 0) is 24.9 Å². The molecule has 0 saturated carbocycles. The topological polar surface area (TPSA) is 99.5 Å². The van der Waals surface area contributed by atoms with Crippen molar-refractivity contribution in [1.82, 2.24) is 29.5 Å². The van der Waals surface area contributed by atoms with Gasteiger partial charge in [0.25, 0.3) is 5.91 Å². The minimum absolute atomic E-state index is 0.0626. The highest BCUT2D eigenvalue weighted by atomic mass is 16.2. The number of aromatic nitrogens is 4. The molecule has 0 spiro atoms. The smallest absolute Gasteiger partial charge is 0.273 e. The summed E-state index contributed by atoms with van der Waals surface area (Å²) in [5, 5.41) is 8.14. The largest absolute Gasteiger partial charge is 0.364 e. The zero-order valence-electron chi connectivity index (χ0n) is 21.2. The van der Waals surface area contributed by atoms with E-state index in [1.54, 1.807) is 6.92 Å². The molecule has 1 N–H and O–H groups in total. The number of nitrogens with one attached hydrogen (secondary N) is 1. The van der Waals surface area contributed by atoms with Crippen LogP contribution in [0.4, 0.5) is 11.8 Å². The standard InChI is InChI=1S/C26H32N8O2/c1-17(2)34-16-21-23(25(34)36)28-26(33-12-10-32(11-13-33)18(3)35)29-24(21)27-15-20-14-22(30-31(20)4)19-8-6-5-7-9-19/h5-9,14,17H,10-13,15-16H2,1-4H3,(H,27,28,29). The number of carbonyl (C=O) groups is 2. The van der Waals surface area contributed by atoms with Gasteiger partial charge in [-0.05, 0) is 19.9 Å². The molecule has 0 radical (unpaired) electrons. The number of rotatable bonds is 6. The Morgan fingerprint density at radius 3 is 2.47 bits per heavy atom. The van der Waals surface area contributed by atoms with Crippen molar-refractivity contribution in [3.63, 3.8) is 0 Å². The van der Waals surface area contributed by atoms with E-state index in [9.17, 15) is 9.59 Å². The summed E-state index contributed by atoms with van der Waals surface area (Å²) in [6.07, 6.45) is 0. The fraction of sp³-hybridized carbons (Fsp3) is 0.423. The van der Waals surface area contributed by atoms with Crippen molar-refractivity contribution >= 4 is 23.6 Å². The number of amides is 2. The van der Waals surface area contributed by atoms with Crippen LogP contribution < -0.4 is 10.2 Å². The number of piperazine rings is 1. The number of hydrogen-bond acceptors (Lipinski definition) is 7. The first kappa shape index (κ1) is 23.8. The maximum Gasteiger partial charge on any atom is 0.273 e. The van der Waals surface area contributed by atoms with E-state index in [1.165, 1.54) is 0 Å². The van der Waals surface area contributed by atoms with Gasteiger partial charge in [0.2, 0.25) is 11.9 Å². The second-order valence-electron chi connectivity index (χ2n) is 9.58. The second-order valence-corrected chi connectivity index (χ2v) is 9.58. The van der Waals surface area contributed by atoms with E-state index in [-0.39, 0.29) is 17.9 Å². The normalized spacial score (nSPS) is 15.6. The summed E-state index contributed by atoms with van der Waals surface area (Å²) in [6, 6.07) is 12.2. The Labute approximate surface area is 210 Å². The molecule has 2 amide bonds. The number of aryl methyl sites for hydroxylation is 1. The Morgan fingerprint density at radius 1 is 1.08 bits per heavy atom. The molecule has 4 heterocycles. The SMILES string of the molecule is CC(=O)N1CCN(c2nc(NCc3cc(-c4ccccc4)nn3C)c3c(n2)C(=O)N(C(C)C)C3)CC1. The first-order valence-electron chi connectivity index (χ1n) is 12.4. The van der Waals surface area contributed by atoms with E-state index >= 15 is 0 Å². The third-order valence-electron chi connectivity index (χ3n) is 6.90. The van der Waals surface area contributed by atoms with Crippen molar-refractivity contribution in [2.24, 2.45) is 7.05 Å². The van der Waals surface area contributed by atoms with Crippen LogP contribution in [0.25, 0.3) is 11.3 Å². The van der Waals surface area contributed by atoms with Crippen LogP contribution >= 0.6 is 0 Å². The predicted octanol–water partition coefficient (Wildman–Crippen LogP) is 2.52. The van der Waals surface area contributed by atoms with Gasteiger partial charge in [0.15, 0.2) is 0 Å². The highest BCUT2D eigenvalue weighted by Crippen LogP contribution is 2.31. The van der Waals surface area contributed by atoms with Crippen LogP contribution in [0.1, 0.15) is 42.5 Å². The third kappa shape index (κ3) is 4.50. The minimum atomic E-state index is -0.0685. The Balaban J connectivity index is 1.42. The van der Waals surface area contributed by atoms with Gasteiger partial charge in [0.05, 0.1) is 24.5 Å². The third-order valence-corrected chi connectivity index (χ3v) is 6.90. The molecule has 0 bridgehead atoms. The van der Waals surface area contributed by atoms with E-state index in [0.717, 1.165) is 22.5 Å². The number of carbonyl (C=O) groups excluding carboxylic acids is 2. The van der Waals surface area contributed by atoms with Gasteiger partial charge >= 0.3 is 0 Å². The summed E-state index contributed by atoms with van der Waals surface area (Å²) >= 11 is 0. The highest BCUT2D eigenvalue weighted by Gasteiger charge is 2.35. The molecule has 1 saturated heterocycles. The lowest BCUT2D eigenvalue weighted by Gasteiger charge is -2.34. The van der Waals surface area contributed by atoms with E-state index in [4.69, 9.17) is 9.97 Å². The van der Waals surface area contributed by atoms with Crippen LogP contribution in [0, 0.1) is 0 Å². The van der Waals surface area contributed by atoms with Crippen molar-refractivity contribution < 1.29 is 9.59 Å². The minimum Gasteiger partial charge on any atom is -0.364 e. The van der Waals surface area contributed by atoms with E-state index in [1.807, 2.05) is 70.6 Å². The Morgan fingerprint density at radius 2 is 1.81 bits per heavy atom. The van der Waals surface area contributed by atoms with Gasteiger partial charge in [-0.25, -0.2) is 4.98 Å². The molecular formula is C26H32N8O2. The molecule has 10 heteroatoms. The molecule has 2 aliphatic rings. The van der Waals surface area contributed by atoms with Crippen molar-refractivity contribution in [2.75, 3.05) is 36.4 Å². The molecule has 1 aromatic carbocycles. The van der Waals surface area contributed by atoms with Gasteiger partial charge in [-0.3, -0.25) is 14.3 Å². The van der Waals surface area contributed by atoms with Gasteiger partial charge in [-0.15, -0.1) is 0 Å². The second kappa shape index (κ2) is 9.60. The van der Waals surface area contributed by atoms with Crippen LogP contribution in [0.3, 0.4) is 0 Å². The lowest BCUT2D eigenvalue weighted by molar-refractivity contribution is -0.129. The van der Waals surface area contributed by atoms with Gasteiger partial charge in [0.1, 0.15) is 11.5 Å². The monoisotopic (exact) mass is 488 g/mol. The molecule has 10 nitrogen and oxygen atoms in total. The fourth-order valence-electron chi connectivity index (χ4n) is 4.70. The molecule has 5 rings (SSSR count). The lowest BCUT2D eigenvalue weighted by Crippen LogP contribution is -2.48. The van der Waals surface area contributed by atoms with Crippen molar-refractivity contribution in [2.45, 2.75) is 39.9 Å². The van der Waals surface area contributed by atoms with Crippen molar-refractivity contribution in [1.29, 1.82) is 0 Å². The van der Waals surface area contributed by atoms with Crippen molar-refractivity contribution in [3.05, 3.63) is 53.3 Å². The Kier molecular flexibility index (Phi) is 6.34. The summed E-state index contributed by atoms with van der Waals surface area (Å²) in [7, 11) is 1.93. The maximum atomic E-state index is 13.2. The number of anilines is 2. The first-order valence-corrected chi connectivity index (χ1v) is 12.4. The number of fused-ring (bicyclic) bond motifs is 1. The summed E-state index contributed by atoms with van der Waals surface area (Å²) in [4.78, 5) is 40.2. The maximum absolute atomic E-state index is 13.2. The van der Waals surface area contributed by atoms with Gasteiger partial charge in [0, 0.05) is 57.3 Å². The van der Waals surface area contributed by atoms with Crippen LogP contribution in [-0.4, -0.2) is 73.6 Å². The average molecular weight is 489 g/mol. The molecule has 0 aliphatic carbocycles. The summed E-state index contributed by atoms with van der Waals surface area (Å²) in [5.74, 6) is 1.19. The van der Waals surface area contributed by atoms with E-state index in [0.29, 0.717) is 56.7 Å². The summed E-state index contributed by atoms with van der Waals surface area (Å²) < 4.78 is 1.87. The molecule has 36 heavy (non-hydrogen) atoms. The molecule has 2 aliphatic heterocycles. The van der Waals surface area contributed by atoms with Gasteiger partial charge in [-0.1, -0.05) is 30.3 Å². The predicted molar refractivity (Wildman–Crippen MR) is 137 cm³/mol. The number of hydrogen-bond donors (Lipinski definition) is 1. The van der Waals surface area contributed by atoms with Crippen LogP contribution in [0.5, 0.6) is 0 Å². The van der Waals surface area contributed by atoms with E-state index < -0.39 is 0 Å². The molecule has 1 fully saturated rings. The quantitative estimate of drug-likeness (QED) is 0.569. The van der Waals surface area contributed by atoms with Gasteiger partial charge in [-0.2, -0.15) is 10.1 Å². The molecule has 0 unspecified atom stereocenters. The lowest BCUT2D eigenvalue weighted by atomic mass is 10.1. The molecule has 188 valence electrons. The first-order chi connectivity index (χ1) is 17.3. The Bertz CT molecular complexity index is 1280. The Hall–Kier alpha value is -3.95. The molecule has 2 aromatic heterocycles. The fourth-order valence-corrected chi connectivity index (χ4v) is 4.70. The van der Waals surface area contributed by atoms with E-state index in [2.05, 4.69) is 16.5 Å². The van der Waals surface area contributed by atoms with Crippen LogP contribution in [0.15, 0.2) is 36.4 Å². The molecular weight excluding hydrogens is 456 g/mol. The number of benzene rings is 1. The van der Waals surface area contributed by atoms with Crippen molar-refractivity contribution in [3.8, 4) is 11.3 Å². The highest BCUT2D eigenvalue weighted by molar-refractivity contribution is 5.98. The average Bonchev–Trinajstić information content (AvgIpc) is 3.43. The molecule has 0 atom stereocenters.